The molecule has 0 amide bonds. The van der Waals surface area contributed by atoms with E-state index in [1.165, 1.54) is 4.57 Å². The largest absolute Gasteiger partial charge is 0.479 e. The van der Waals surface area contributed by atoms with Gasteiger partial charge in [0.25, 0.3) is 5.56 Å². The Kier molecular flexibility index (Phi) is 6.69. The quantitative estimate of drug-likeness (QED) is 0.440. The summed E-state index contributed by atoms with van der Waals surface area (Å²) >= 11 is 0. The average Bonchev–Trinajstić information content (AvgIpc) is 2.75. The standard InChI is InChI=1S/C23H25N3O5/c1-5-19(23(28)29)31-20-11-10-16(12-14(20)2)15(3)25-30-13-21-24-18-9-7-6-8-17(18)22(27)26(21)4/h6-12,19H,5,13H2,1-4H3,(H,28,29). The third-order valence-corrected chi connectivity index (χ3v) is 4.98. The van der Waals surface area contributed by atoms with Gasteiger partial charge in [-0.1, -0.05) is 24.2 Å². The molecule has 8 heteroatoms. The number of rotatable bonds is 8. The molecule has 1 N–H and O–H groups in total. The summed E-state index contributed by atoms with van der Waals surface area (Å²) in [7, 11) is 1.65. The summed E-state index contributed by atoms with van der Waals surface area (Å²) in [5.74, 6) is -0.00430. The van der Waals surface area contributed by atoms with Gasteiger partial charge < -0.3 is 14.7 Å². The topological polar surface area (TPSA) is 103 Å². The molecule has 0 fully saturated rings. The van der Waals surface area contributed by atoms with Gasteiger partial charge in [0.05, 0.1) is 16.6 Å². The summed E-state index contributed by atoms with van der Waals surface area (Å²) in [5, 5.41) is 13.9. The Morgan fingerprint density at radius 1 is 1.26 bits per heavy atom. The van der Waals surface area contributed by atoms with Gasteiger partial charge >= 0.3 is 5.97 Å². The van der Waals surface area contributed by atoms with Crippen molar-refractivity contribution < 1.29 is 19.5 Å². The van der Waals surface area contributed by atoms with Gasteiger partial charge in [0.15, 0.2) is 18.5 Å². The molecule has 0 aliphatic rings. The van der Waals surface area contributed by atoms with Crippen LogP contribution >= 0.6 is 0 Å². The molecule has 0 bridgehead atoms. The molecule has 162 valence electrons. The lowest BCUT2D eigenvalue weighted by atomic mass is 10.1. The zero-order valence-electron chi connectivity index (χ0n) is 18.0. The van der Waals surface area contributed by atoms with E-state index in [0.717, 1.165) is 11.1 Å². The predicted molar refractivity (Wildman–Crippen MR) is 118 cm³/mol. The minimum absolute atomic E-state index is 0.0465. The Morgan fingerprint density at radius 3 is 2.68 bits per heavy atom. The molecule has 1 unspecified atom stereocenters. The zero-order chi connectivity index (χ0) is 22.5. The monoisotopic (exact) mass is 423 g/mol. The van der Waals surface area contributed by atoms with E-state index in [9.17, 15) is 9.59 Å². The number of benzene rings is 2. The molecule has 3 aromatic rings. The second-order valence-corrected chi connectivity index (χ2v) is 7.19. The molecule has 8 nitrogen and oxygen atoms in total. The van der Waals surface area contributed by atoms with Crippen molar-refractivity contribution in [1.29, 1.82) is 0 Å². The smallest absolute Gasteiger partial charge is 0.344 e. The van der Waals surface area contributed by atoms with Crippen molar-refractivity contribution in [1.82, 2.24) is 9.55 Å². The first-order valence-corrected chi connectivity index (χ1v) is 9.93. The fourth-order valence-electron chi connectivity index (χ4n) is 3.10. The number of carboxylic acid groups (broad SMARTS) is 1. The highest BCUT2D eigenvalue weighted by molar-refractivity contribution is 5.98. The summed E-state index contributed by atoms with van der Waals surface area (Å²) in [6.07, 6.45) is -0.514. The number of aliphatic carboxylic acids is 1. The van der Waals surface area contributed by atoms with Crippen molar-refractivity contribution in [2.75, 3.05) is 0 Å². The molecule has 2 aromatic carbocycles. The average molecular weight is 423 g/mol. The number of carbonyl (C=O) groups is 1. The van der Waals surface area contributed by atoms with Crippen molar-refractivity contribution in [3.63, 3.8) is 0 Å². The molecular weight excluding hydrogens is 398 g/mol. The van der Waals surface area contributed by atoms with Crippen LogP contribution in [0.2, 0.25) is 0 Å². The van der Waals surface area contributed by atoms with Crippen LogP contribution in [-0.4, -0.2) is 32.4 Å². The first kappa shape index (κ1) is 22.0. The number of nitrogens with zero attached hydrogens (tertiary/aromatic N) is 3. The fourth-order valence-corrected chi connectivity index (χ4v) is 3.10. The second kappa shape index (κ2) is 9.42. The molecule has 0 radical (unpaired) electrons. The minimum Gasteiger partial charge on any atom is -0.479 e. The van der Waals surface area contributed by atoms with Gasteiger partial charge in [-0.15, -0.1) is 0 Å². The van der Waals surface area contributed by atoms with Gasteiger partial charge in [-0.05, 0) is 61.7 Å². The number of ether oxygens (including phenoxy) is 1. The van der Waals surface area contributed by atoms with E-state index in [1.54, 1.807) is 51.2 Å². The number of aromatic nitrogens is 2. The summed E-state index contributed by atoms with van der Waals surface area (Å²) in [4.78, 5) is 33.6. The Balaban J connectivity index is 1.73. The second-order valence-electron chi connectivity index (χ2n) is 7.19. The zero-order valence-corrected chi connectivity index (χ0v) is 18.0. The van der Waals surface area contributed by atoms with Crippen molar-refractivity contribution in [2.24, 2.45) is 12.2 Å². The number of hydrogen-bond donors (Lipinski definition) is 1. The third-order valence-electron chi connectivity index (χ3n) is 4.98. The highest BCUT2D eigenvalue weighted by Crippen LogP contribution is 2.22. The maximum atomic E-state index is 12.5. The van der Waals surface area contributed by atoms with E-state index in [0.29, 0.717) is 34.6 Å². The summed E-state index contributed by atoms with van der Waals surface area (Å²) in [6.45, 7) is 5.45. The van der Waals surface area contributed by atoms with E-state index in [4.69, 9.17) is 14.7 Å². The van der Waals surface area contributed by atoms with E-state index >= 15 is 0 Å². The molecule has 31 heavy (non-hydrogen) atoms. The molecular formula is C23H25N3O5. The van der Waals surface area contributed by atoms with E-state index in [-0.39, 0.29) is 12.2 Å². The first-order valence-electron chi connectivity index (χ1n) is 9.93. The van der Waals surface area contributed by atoms with Gasteiger partial charge in [-0.3, -0.25) is 9.36 Å². The molecule has 1 heterocycles. The van der Waals surface area contributed by atoms with Gasteiger partial charge in [-0.2, -0.15) is 0 Å². The Labute approximate surface area is 179 Å². The summed E-state index contributed by atoms with van der Waals surface area (Å²) in [5.41, 5.74) is 2.72. The van der Waals surface area contributed by atoms with Crippen LogP contribution in [0.1, 0.15) is 37.2 Å². The first-order chi connectivity index (χ1) is 14.8. The van der Waals surface area contributed by atoms with Gasteiger partial charge in [0.1, 0.15) is 5.75 Å². The SMILES string of the molecule is CCC(Oc1ccc(C(C)=NOCc2nc3ccccc3c(=O)n2C)cc1C)C(=O)O. The number of hydrogen-bond acceptors (Lipinski definition) is 6. The minimum atomic E-state index is -0.992. The van der Waals surface area contributed by atoms with E-state index in [1.807, 2.05) is 19.1 Å². The van der Waals surface area contributed by atoms with Gasteiger partial charge in [0.2, 0.25) is 0 Å². The van der Waals surface area contributed by atoms with Crippen LogP contribution in [0.15, 0.2) is 52.4 Å². The van der Waals surface area contributed by atoms with Crippen LogP contribution in [0, 0.1) is 6.92 Å². The van der Waals surface area contributed by atoms with Crippen molar-refractivity contribution in [3.05, 3.63) is 69.8 Å². The summed E-state index contributed by atoms with van der Waals surface area (Å²) in [6, 6.07) is 12.5. The van der Waals surface area contributed by atoms with Gasteiger partial charge in [0, 0.05) is 7.05 Å². The molecule has 1 atom stereocenters. The normalized spacial score (nSPS) is 12.6. The van der Waals surface area contributed by atoms with Crippen LogP contribution in [0.4, 0.5) is 0 Å². The lowest BCUT2D eigenvalue weighted by Crippen LogP contribution is -2.26. The van der Waals surface area contributed by atoms with Crippen molar-refractivity contribution in [3.8, 4) is 5.75 Å². The molecule has 0 saturated heterocycles. The molecule has 3 rings (SSSR count). The van der Waals surface area contributed by atoms with Crippen molar-refractivity contribution >= 4 is 22.6 Å². The van der Waals surface area contributed by atoms with Gasteiger partial charge in [-0.25, -0.2) is 9.78 Å². The lowest BCUT2D eigenvalue weighted by molar-refractivity contribution is -0.145. The highest BCUT2D eigenvalue weighted by Gasteiger charge is 2.18. The Bertz CT molecular complexity index is 1200. The van der Waals surface area contributed by atoms with Crippen LogP contribution < -0.4 is 10.3 Å². The maximum Gasteiger partial charge on any atom is 0.344 e. The number of carboxylic acids is 1. The van der Waals surface area contributed by atoms with Crippen LogP contribution in [0.3, 0.4) is 0 Å². The van der Waals surface area contributed by atoms with Crippen LogP contribution in [0.5, 0.6) is 5.75 Å². The van der Waals surface area contributed by atoms with Crippen molar-refractivity contribution in [2.45, 2.75) is 39.9 Å². The number of oxime groups is 1. The third kappa shape index (κ3) is 4.91. The Hall–Kier alpha value is -3.68. The number of fused-ring (bicyclic) bond motifs is 1. The molecule has 0 aliphatic carbocycles. The van der Waals surface area contributed by atoms with E-state index < -0.39 is 12.1 Å². The number of aryl methyl sites for hydroxylation is 1. The Morgan fingerprint density at radius 2 is 2.00 bits per heavy atom. The lowest BCUT2D eigenvalue weighted by Gasteiger charge is -2.15. The molecule has 0 aliphatic heterocycles. The summed E-state index contributed by atoms with van der Waals surface area (Å²) < 4.78 is 7.03. The predicted octanol–water partition coefficient (Wildman–Crippen LogP) is 3.42. The van der Waals surface area contributed by atoms with E-state index in [2.05, 4.69) is 10.1 Å². The maximum absolute atomic E-state index is 12.5. The number of para-hydroxylation sites is 1. The molecule has 0 spiro atoms. The highest BCUT2D eigenvalue weighted by atomic mass is 16.6. The fraction of sp³-hybridized carbons (Fsp3) is 0.304. The molecule has 1 aromatic heterocycles. The van der Waals surface area contributed by atoms with Crippen LogP contribution in [-0.2, 0) is 23.3 Å². The van der Waals surface area contributed by atoms with Crippen LogP contribution in [0.25, 0.3) is 10.9 Å². The molecule has 0 saturated carbocycles.